The van der Waals surface area contributed by atoms with Crippen LogP contribution in [0.2, 0.25) is 0 Å². The number of nitrogens with zero attached hydrogens (tertiary/aromatic N) is 2. The van der Waals surface area contributed by atoms with E-state index in [1.54, 1.807) is 18.3 Å². The number of hydrogen-bond donors (Lipinski definition) is 2. The lowest BCUT2D eigenvalue weighted by Gasteiger charge is -2.06. The molecule has 0 amide bonds. The van der Waals surface area contributed by atoms with Crippen LogP contribution in [0.25, 0.3) is 10.9 Å². The molecule has 0 radical (unpaired) electrons. The van der Waals surface area contributed by atoms with E-state index in [2.05, 4.69) is 15.3 Å². The molecule has 0 atom stereocenters. The molecule has 3 aromatic rings. The zero-order valence-electron chi connectivity index (χ0n) is 10.4. The van der Waals surface area contributed by atoms with Crippen molar-refractivity contribution in [1.82, 2.24) is 9.97 Å². The predicted molar refractivity (Wildman–Crippen MR) is 76.2 cm³/mol. The summed E-state index contributed by atoms with van der Waals surface area (Å²) in [7, 11) is 0. The van der Waals surface area contributed by atoms with Crippen LogP contribution in [0.4, 0.5) is 11.6 Å². The average Bonchev–Trinajstić information content (AvgIpc) is 2.47. The minimum atomic E-state index is -1.00. The second kappa shape index (κ2) is 4.97. The van der Waals surface area contributed by atoms with Gasteiger partial charge in [-0.15, -0.1) is 0 Å². The fraction of sp³-hybridized carbons (Fsp3) is 0. The number of aromatic nitrogens is 2. The second-order valence-corrected chi connectivity index (χ2v) is 4.23. The monoisotopic (exact) mass is 265 g/mol. The zero-order chi connectivity index (χ0) is 13.9. The molecule has 0 aliphatic rings. The standard InChI is InChI=1S/C15H11N3O2/c19-14(20)12-8-4-5-10-9-16-15(18-13(10)12)17-11-6-2-1-3-7-11/h1-9H,(H,19,20)(H,16,17,18). The number of fused-ring (bicyclic) bond motifs is 1. The molecule has 5 heteroatoms. The number of rotatable bonds is 3. The Kier molecular flexibility index (Phi) is 3.01. The van der Waals surface area contributed by atoms with E-state index in [0.29, 0.717) is 16.9 Å². The summed E-state index contributed by atoms with van der Waals surface area (Å²) in [6.07, 6.45) is 1.61. The number of nitrogens with one attached hydrogen (secondary N) is 1. The van der Waals surface area contributed by atoms with E-state index in [1.807, 2.05) is 30.3 Å². The van der Waals surface area contributed by atoms with E-state index in [1.165, 1.54) is 6.07 Å². The Bertz CT molecular complexity index is 772. The molecule has 2 N–H and O–H groups in total. The average molecular weight is 265 g/mol. The summed E-state index contributed by atoms with van der Waals surface area (Å²) in [6, 6.07) is 14.5. The summed E-state index contributed by atoms with van der Waals surface area (Å²) >= 11 is 0. The molecule has 0 saturated carbocycles. The number of hydrogen-bond acceptors (Lipinski definition) is 4. The fourth-order valence-corrected chi connectivity index (χ4v) is 1.94. The quantitative estimate of drug-likeness (QED) is 0.761. The maximum absolute atomic E-state index is 11.2. The third-order valence-electron chi connectivity index (χ3n) is 2.87. The molecule has 0 unspecified atom stereocenters. The maximum atomic E-state index is 11.2. The first-order chi connectivity index (χ1) is 9.74. The first-order valence-electron chi connectivity index (χ1n) is 6.05. The van der Waals surface area contributed by atoms with Gasteiger partial charge in [0.25, 0.3) is 0 Å². The Labute approximate surface area is 114 Å². The summed E-state index contributed by atoms with van der Waals surface area (Å²) < 4.78 is 0. The van der Waals surface area contributed by atoms with Crippen LogP contribution in [0.3, 0.4) is 0 Å². The second-order valence-electron chi connectivity index (χ2n) is 4.23. The van der Waals surface area contributed by atoms with Crippen molar-refractivity contribution in [1.29, 1.82) is 0 Å². The summed E-state index contributed by atoms with van der Waals surface area (Å²) in [6.45, 7) is 0. The van der Waals surface area contributed by atoms with E-state index >= 15 is 0 Å². The molecule has 5 nitrogen and oxygen atoms in total. The van der Waals surface area contributed by atoms with Crippen LogP contribution in [0.5, 0.6) is 0 Å². The third kappa shape index (κ3) is 2.29. The highest BCUT2D eigenvalue weighted by atomic mass is 16.4. The molecule has 0 aliphatic heterocycles. The van der Waals surface area contributed by atoms with Gasteiger partial charge in [-0.05, 0) is 18.2 Å². The van der Waals surface area contributed by atoms with Gasteiger partial charge in [-0.25, -0.2) is 14.8 Å². The van der Waals surface area contributed by atoms with E-state index in [4.69, 9.17) is 0 Å². The van der Waals surface area contributed by atoms with Crippen molar-refractivity contribution in [2.75, 3.05) is 5.32 Å². The molecule has 0 saturated heterocycles. The van der Waals surface area contributed by atoms with E-state index in [0.717, 1.165) is 5.69 Å². The number of anilines is 2. The SMILES string of the molecule is O=C(O)c1cccc2cnc(Nc3ccccc3)nc12. The topological polar surface area (TPSA) is 75.1 Å². The van der Waals surface area contributed by atoms with Crippen LogP contribution in [-0.4, -0.2) is 21.0 Å². The Morgan fingerprint density at radius 1 is 1.05 bits per heavy atom. The third-order valence-corrected chi connectivity index (χ3v) is 2.87. The summed E-state index contributed by atoms with van der Waals surface area (Å²) in [5.74, 6) is -0.627. The number of carboxylic acids is 1. The van der Waals surface area contributed by atoms with Crippen LogP contribution < -0.4 is 5.32 Å². The van der Waals surface area contributed by atoms with Gasteiger partial charge < -0.3 is 10.4 Å². The first-order valence-corrected chi connectivity index (χ1v) is 6.05. The molecular formula is C15H11N3O2. The van der Waals surface area contributed by atoms with Gasteiger partial charge in [0.15, 0.2) is 0 Å². The molecule has 0 bridgehead atoms. The number of carbonyl (C=O) groups is 1. The summed E-state index contributed by atoms with van der Waals surface area (Å²) in [5.41, 5.74) is 1.44. The first kappa shape index (κ1) is 12.1. The van der Waals surface area contributed by atoms with Gasteiger partial charge in [-0.1, -0.05) is 30.3 Å². The van der Waals surface area contributed by atoms with Crippen molar-refractivity contribution < 1.29 is 9.90 Å². The molecule has 0 aliphatic carbocycles. The predicted octanol–water partition coefficient (Wildman–Crippen LogP) is 3.07. The Morgan fingerprint density at radius 3 is 2.60 bits per heavy atom. The van der Waals surface area contributed by atoms with Gasteiger partial charge in [-0.2, -0.15) is 0 Å². The van der Waals surface area contributed by atoms with E-state index in [-0.39, 0.29) is 5.56 Å². The lowest BCUT2D eigenvalue weighted by Crippen LogP contribution is -2.02. The van der Waals surface area contributed by atoms with Gasteiger partial charge in [0.2, 0.25) is 5.95 Å². The van der Waals surface area contributed by atoms with Crippen molar-refractivity contribution in [2.45, 2.75) is 0 Å². The van der Waals surface area contributed by atoms with Crippen molar-refractivity contribution in [3.63, 3.8) is 0 Å². The van der Waals surface area contributed by atoms with Crippen molar-refractivity contribution >= 4 is 28.5 Å². The van der Waals surface area contributed by atoms with Gasteiger partial charge in [-0.3, -0.25) is 0 Å². The molecule has 1 heterocycles. The Hall–Kier alpha value is -2.95. The van der Waals surface area contributed by atoms with Crippen LogP contribution in [0.15, 0.2) is 54.7 Å². The van der Waals surface area contributed by atoms with E-state index < -0.39 is 5.97 Å². The van der Waals surface area contributed by atoms with Crippen LogP contribution in [-0.2, 0) is 0 Å². The van der Waals surface area contributed by atoms with Crippen molar-refractivity contribution in [2.24, 2.45) is 0 Å². The minimum absolute atomic E-state index is 0.168. The fourth-order valence-electron chi connectivity index (χ4n) is 1.94. The van der Waals surface area contributed by atoms with Crippen LogP contribution >= 0.6 is 0 Å². The maximum Gasteiger partial charge on any atom is 0.337 e. The Morgan fingerprint density at radius 2 is 1.85 bits per heavy atom. The molecule has 2 aromatic carbocycles. The molecule has 0 fully saturated rings. The van der Waals surface area contributed by atoms with Gasteiger partial charge in [0.05, 0.1) is 11.1 Å². The zero-order valence-corrected chi connectivity index (χ0v) is 10.4. The highest BCUT2D eigenvalue weighted by molar-refractivity contribution is 6.01. The van der Waals surface area contributed by atoms with Crippen LogP contribution in [0, 0.1) is 0 Å². The highest BCUT2D eigenvalue weighted by Gasteiger charge is 2.10. The van der Waals surface area contributed by atoms with Crippen molar-refractivity contribution in [3.05, 3.63) is 60.3 Å². The summed E-state index contributed by atoms with van der Waals surface area (Å²) in [4.78, 5) is 19.7. The van der Waals surface area contributed by atoms with E-state index in [9.17, 15) is 9.90 Å². The molecule has 0 spiro atoms. The molecular weight excluding hydrogens is 254 g/mol. The largest absolute Gasteiger partial charge is 0.478 e. The number of aromatic carboxylic acids is 1. The lowest BCUT2D eigenvalue weighted by atomic mass is 10.1. The number of para-hydroxylation sites is 2. The van der Waals surface area contributed by atoms with Gasteiger partial charge in [0.1, 0.15) is 0 Å². The molecule has 3 rings (SSSR count). The highest BCUT2D eigenvalue weighted by Crippen LogP contribution is 2.19. The molecule has 98 valence electrons. The lowest BCUT2D eigenvalue weighted by molar-refractivity contribution is 0.0699. The minimum Gasteiger partial charge on any atom is -0.478 e. The van der Waals surface area contributed by atoms with Gasteiger partial charge >= 0.3 is 5.97 Å². The van der Waals surface area contributed by atoms with Crippen molar-refractivity contribution in [3.8, 4) is 0 Å². The number of benzene rings is 2. The van der Waals surface area contributed by atoms with Crippen LogP contribution in [0.1, 0.15) is 10.4 Å². The number of carboxylic acid groups (broad SMARTS) is 1. The Balaban J connectivity index is 2.06. The molecule has 20 heavy (non-hydrogen) atoms. The smallest absolute Gasteiger partial charge is 0.337 e. The molecule has 1 aromatic heterocycles. The van der Waals surface area contributed by atoms with Gasteiger partial charge in [0, 0.05) is 17.3 Å². The normalized spacial score (nSPS) is 10.4. The summed E-state index contributed by atoms with van der Waals surface area (Å²) in [5, 5.41) is 12.9.